The summed E-state index contributed by atoms with van der Waals surface area (Å²) in [5.74, 6) is -0.145. The van der Waals surface area contributed by atoms with Crippen LogP contribution in [0.5, 0.6) is 0 Å². The van der Waals surface area contributed by atoms with E-state index in [1.807, 2.05) is 0 Å². The molecular formula is C35H70O12. The Morgan fingerprint density at radius 2 is 0.553 bits per heavy atom. The smallest absolute Gasteiger partial charge is 0.305 e. The van der Waals surface area contributed by atoms with Crippen LogP contribution in [-0.2, 0) is 56.9 Å². The monoisotopic (exact) mass is 682 g/mol. The number of hydrogen-bond donors (Lipinski definition) is 0. The fourth-order valence-electron chi connectivity index (χ4n) is 4.05. The van der Waals surface area contributed by atoms with Crippen molar-refractivity contribution in [2.75, 3.05) is 139 Å². The maximum absolute atomic E-state index is 11.6. The van der Waals surface area contributed by atoms with Gasteiger partial charge in [-0.05, 0) is 12.8 Å². The summed E-state index contributed by atoms with van der Waals surface area (Å²) in [6, 6.07) is 0. The molecule has 282 valence electrons. The molecule has 0 spiro atoms. The minimum absolute atomic E-state index is 0.145. The molecule has 0 aromatic rings. The molecule has 0 saturated carbocycles. The molecule has 0 atom stereocenters. The molecule has 0 aliphatic heterocycles. The molecule has 0 aromatic carbocycles. The maximum Gasteiger partial charge on any atom is 0.305 e. The van der Waals surface area contributed by atoms with Crippen molar-refractivity contribution in [3.05, 3.63) is 0 Å². The highest BCUT2D eigenvalue weighted by Gasteiger charge is 2.02. The molecule has 0 N–H and O–H groups in total. The van der Waals surface area contributed by atoms with Crippen molar-refractivity contribution in [1.82, 2.24) is 0 Å². The first-order valence-corrected chi connectivity index (χ1v) is 18.2. The highest BCUT2D eigenvalue weighted by atomic mass is 16.6. The Bertz CT molecular complexity index is 585. The van der Waals surface area contributed by atoms with Crippen molar-refractivity contribution in [2.45, 2.75) is 84.5 Å². The average Bonchev–Trinajstić information content (AvgIpc) is 3.08. The van der Waals surface area contributed by atoms with Crippen molar-refractivity contribution >= 4 is 5.97 Å². The second-order valence-corrected chi connectivity index (χ2v) is 10.9. The Kier molecular flexibility index (Phi) is 42.2. The molecule has 0 amide bonds. The van der Waals surface area contributed by atoms with Gasteiger partial charge in [-0.25, -0.2) is 0 Å². The zero-order valence-corrected chi connectivity index (χ0v) is 30.0. The lowest BCUT2D eigenvalue weighted by Crippen LogP contribution is -2.15. The van der Waals surface area contributed by atoms with E-state index < -0.39 is 0 Å². The van der Waals surface area contributed by atoms with Gasteiger partial charge >= 0.3 is 5.97 Å². The molecule has 0 fully saturated rings. The number of carbonyl (C=O) groups is 1. The average molecular weight is 683 g/mol. The fourth-order valence-corrected chi connectivity index (χ4v) is 4.05. The second kappa shape index (κ2) is 43.1. The van der Waals surface area contributed by atoms with Gasteiger partial charge in [0.05, 0.1) is 126 Å². The van der Waals surface area contributed by atoms with Crippen molar-refractivity contribution < 1.29 is 56.9 Å². The molecule has 0 bridgehead atoms. The van der Waals surface area contributed by atoms with Crippen molar-refractivity contribution in [3.8, 4) is 0 Å². The van der Waals surface area contributed by atoms with Gasteiger partial charge in [0.25, 0.3) is 0 Å². The predicted molar refractivity (Wildman–Crippen MR) is 181 cm³/mol. The summed E-state index contributed by atoms with van der Waals surface area (Å²) in [6.07, 6.45) is 12.4. The van der Waals surface area contributed by atoms with Crippen LogP contribution >= 0.6 is 0 Å². The summed E-state index contributed by atoms with van der Waals surface area (Å²) in [5, 5.41) is 0. The molecule has 12 nitrogen and oxygen atoms in total. The van der Waals surface area contributed by atoms with E-state index in [0.717, 1.165) is 25.9 Å². The van der Waals surface area contributed by atoms with E-state index in [1.54, 1.807) is 0 Å². The van der Waals surface area contributed by atoms with Crippen molar-refractivity contribution in [1.29, 1.82) is 0 Å². The summed E-state index contributed by atoms with van der Waals surface area (Å²) >= 11 is 0. The van der Waals surface area contributed by atoms with Crippen molar-refractivity contribution in [2.24, 2.45) is 0 Å². The molecule has 0 radical (unpaired) electrons. The zero-order valence-electron chi connectivity index (χ0n) is 30.0. The van der Waals surface area contributed by atoms with E-state index in [9.17, 15) is 4.79 Å². The summed E-state index contributed by atoms with van der Waals surface area (Å²) in [6.45, 7) is 15.3. The summed E-state index contributed by atoms with van der Waals surface area (Å²) in [4.78, 5) is 11.6. The lowest BCUT2D eigenvalue weighted by molar-refractivity contribution is -0.145. The third kappa shape index (κ3) is 43.0. The quantitative estimate of drug-likeness (QED) is 0.0635. The van der Waals surface area contributed by atoms with E-state index >= 15 is 0 Å². The van der Waals surface area contributed by atoms with Gasteiger partial charge in [0.1, 0.15) is 6.61 Å². The highest BCUT2D eigenvalue weighted by Crippen LogP contribution is 2.05. The number of hydrogen-bond acceptors (Lipinski definition) is 12. The molecule has 47 heavy (non-hydrogen) atoms. The lowest BCUT2D eigenvalue weighted by Gasteiger charge is -2.09. The van der Waals surface area contributed by atoms with Gasteiger partial charge in [0, 0.05) is 13.0 Å². The topological polar surface area (TPSA) is 119 Å². The Balaban J connectivity index is 3.08. The van der Waals surface area contributed by atoms with Gasteiger partial charge in [-0.2, -0.15) is 0 Å². The van der Waals surface area contributed by atoms with Crippen LogP contribution in [0.3, 0.4) is 0 Å². The number of unbranched alkanes of at least 4 members (excludes halogenated alkanes) is 8. The van der Waals surface area contributed by atoms with Crippen LogP contribution in [0.15, 0.2) is 0 Å². The number of rotatable bonds is 42. The molecule has 0 aromatic heterocycles. The van der Waals surface area contributed by atoms with Crippen LogP contribution in [0.2, 0.25) is 0 Å². The number of carbonyl (C=O) groups excluding carboxylic acids is 1. The standard InChI is InChI=1S/C35H70O12/c1-3-5-7-9-11-13-35(36)47-34-33-46-32-31-45-30-29-44-28-27-43-26-25-42-24-23-41-22-21-40-20-19-39-18-17-38-16-15-37-14-12-10-8-6-4-2/h3-34H2,1-2H3. The van der Waals surface area contributed by atoms with Crippen LogP contribution in [0, 0.1) is 0 Å². The second-order valence-electron chi connectivity index (χ2n) is 10.9. The van der Waals surface area contributed by atoms with Crippen LogP contribution in [-0.4, -0.2) is 145 Å². The van der Waals surface area contributed by atoms with Crippen molar-refractivity contribution in [3.63, 3.8) is 0 Å². The Morgan fingerprint density at radius 1 is 0.298 bits per heavy atom. The number of ether oxygens (including phenoxy) is 11. The molecule has 12 heteroatoms. The van der Waals surface area contributed by atoms with E-state index in [-0.39, 0.29) is 12.6 Å². The molecule has 0 aliphatic rings. The Morgan fingerprint density at radius 3 is 0.872 bits per heavy atom. The maximum atomic E-state index is 11.6. The first-order chi connectivity index (χ1) is 23.3. The summed E-state index contributed by atoms with van der Waals surface area (Å²) in [7, 11) is 0. The largest absolute Gasteiger partial charge is 0.463 e. The van der Waals surface area contributed by atoms with E-state index in [4.69, 9.17) is 52.1 Å². The van der Waals surface area contributed by atoms with Gasteiger partial charge in [-0.15, -0.1) is 0 Å². The van der Waals surface area contributed by atoms with E-state index in [0.29, 0.717) is 132 Å². The fraction of sp³-hybridized carbons (Fsp3) is 0.971. The van der Waals surface area contributed by atoms with Gasteiger partial charge in [-0.3, -0.25) is 4.79 Å². The van der Waals surface area contributed by atoms with E-state index in [1.165, 1.54) is 44.9 Å². The first-order valence-electron chi connectivity index (χ1n) is 18.2. The predicted octanol–water partition coefficient (Wildman–Crippen LogP) is 5.03. The molecular weight excluding hydrogens is 612 g/mol. The van der Waals surface area contributed by atoms with Crippen LogP contribution in [0.4, 0.5) is 0 Å². The summed E-state index contributed by atoms with van der Waals surface area (Å²) in [5.41, 5.74) is 0. The molecule has 0 aliphatic carbocycles. The summed E-state index contributed by atoms with van der Waals surface area (Å²) < 4.78 is 60.0. The SMILES string of the molecule is CCCCCCCOCCOCCOCCOCCOCCOCCOCCOCCOCCOCCOC(=O)CCCCCCC. The Hall–Kier alpha value is -0.930. The molecule has 0 unspecified atom stereocenters. The minimum atomic E-state index is -0.145. The van der Waals surface area contributed by atoms with Gasteiger partial charge in [-0.1, -0.05) is 65.2 Å². The van der Waals surface area contributed by atoms with E-state index in [2.05, 4.69) is 13.8 Å². The van der Waals surface area contributed by atoms with Gasteiger partial charge in [0.15, 0.2) is 0 Å². The third-order valence-corrected chi connectivity index (χ3v) is 6.72. The zero-order chi connectivity index (χ0) is 34.0. The highest BCUT2D eigenvalue weighted by molar-refractivity contribution is 5.69. The molecule has 0 rings (SSSR count). The minimum Gasteiger partial charge on any atom is -0.463 e. The normalized spacial score (nSPS) is 11.4. The first kappa shape index (κ1) is 46.1. The Labute approximate surface area is 286 Å². The molecule has 0 saturated heterocycles. The van der Waals surface area contributed by atoms with Crippen LogP contribution in [0.1, 0.15) is 84.5 Å². The molecule has 0 heterocycles. The van der Waals surface area contributed by atoms with Crippen LogP contribution < -0.4 is 0 Å². The third-order valence-electron chi connectivity index (χ3n) is 6.72. The van der Waals surface area contributed by atoms with Gasteiger partial charge < -0.3 is 52.1 Å². The number of esters is 1. The lowest BCUT2D eigenvalue weighted by atomic mass is 10.1. The van der Waals surface area contributed by atoms with Crippen LogP contribution in [0.25, 0.3) is 0 Å². The van der Waals surface area contributed by atoms with Gasteiger partial charge in [0.2, 0.25) is 0 Å².